The molecule has 0 radical (unpaired) electrons. The molecule has 1 atom stereocenters. The van der Waals surface area contributed by atoms with Crippen LogP contribution in [0.2, 0.25) is 0 Å². The summed E-state index contributed by atoms with van der Waals surface area (Å²) in [5.74, 6) is 0.792. The van der Waals surface area contributed by atoms with Crippen molar-refractivity contribution in [3.63, 3.8) is 0 Å². The van der Waals surface area contributed by atoms with Gasteiger partial charge in [-0.25, -0.2) is 0 Å². The summed E-state index contributed by atoms with van der Waals surface area (Å²) in [7, 11) is 0. The molecular formula is C13H29NO. The molecule has 0 aliphatic carbocycles. The third-order valence-electron chi connectivity index (χ3n) is 2.53. The fourth-order valence-electron chi connectivity index (χ4n) is 1.71. The lowest BCUT2D eigenvalue weighted by Crippen LogP contribution is -2.24. The predicted molar refractivity (Wildman–Crippen MR) is 67.3 cm³/mol. The molecule has 0 spiro atoms. The van der Waals surface area contributed by atoms with Crippen LogP contribution in [0.25, 0.3) is 0 Å². The monoisotopic (exact) mass is 215 g/mol. The zero-order valence-corrected chi connectivity index (χ0v) is 11.0. The van der Waals surface area contributed by atoms with Crippen LogP contribution in [0.3, 0.4) is 0 Å². The second kappa shape index (κ2) is 10.4. The highest BCUT2D eigenvalue weighted by Gasteiger charge is 2.07. The number of hydrogen-bond donors (Lipinski definition) is 1. The molecule has 0 heterocycles. The van der Waals surface area contributed by atoms with Gasteiger partial charge in [-0.3, -0.25) is 0 Å². The first-order chi connectivity index (χ1) is 7.20. The molecule has 0 aromatic carbocycles. The van der Waals surface area contributed by atoms with Crippen LogP contribution in [0.15, 0.2) is 0 Å². The van der Waals surface area contributed by atoms with E-state index in [1.807, 2.05) is 0 Å². The van der Waals surface area contributed by atoms with Gasteiger partial charge in [0.1, 0.15) is 0 Å². The minimum absolute atomic E-state index is 0.371. The van der Waals surface area contributed by atoms with E-state index >= 15 is 0 Å². The predicted octanol–water partition coefficient (Wildman–Crippen LogP) is 3.22. The molecule has 0 saturated heterocycles. The Kier molecular flexibility index (Phi) is 10.4. The van der Waals surface area contributed by atoms with E-state index in [9.17, 15) is 0 Å². The summed E-state index contributed by atoms with van der Waals surface area (Å²) in [6.45, 7) is 11.9. The van der Waals surface area contributed by atoms with Crippen LogP contribution >= 0.6 is 0 Å². The Hall–Kier alpha value is -0.0800. The van der Waals surface area contributed by atoms with Gasteiger partial charge in [0.15, 0.2) is 0 Å². The van der Waals surface area contributed by atoms with Gasteiger partial charge >= 0.3 is 0 Å². The summed E-state index contributed by atoms with van der Waals surface area (Å²) in [6, 6.07) is 0. The Morgan fingerprint density at radius 1 is 1.07 bits per heavy atom. The van der Waals surface area contributed by atoms with Crippen LogP contribution in [0.4, 0.5) is 0 Å². The number of hydrogen-bond acceptors (Lipinski definition) is 2. The normalized spacial score (nSPS) is 13.4. The van der Waals surface area contributed by atoms with E-state index in [4.69, 9.17) is 4.74 Å². The standard InChI is InChI=1S/C13H29NO/c1-5-7-13(11-14-9-6-2)8-10-15-12(3)4/h12-14H,5-11H2,1-4H3. The van der Waals surface area contributed by atoms with Gasteiger partial charge in [0.05, 0.1) is 6.10 Å². The van der Waals surface area contributed by atoms with Crippen molar-refractivity contribution in [3.8, 4) is 0 Å². The third-order valence-corrected chi connectivity index (χ3v) is 2.53. The molecular weight excluding hydrogens is 186 g/mol. The zero-order valence-electron chi connectivity index (χ0n) is 11.0. The van der Waals surface area contributed by atoms with Crippen LogP contribution in [-0.2, 0) is 4.74 Å². The van der Waals surface area contributed by atoms with Crippen molar-refractivity contribution in [2.24, 2.45) is 5.92 Å². The van der Waals surface area contributed by atoms with E-state index in [-0.39, 0.29) is 0 Å². The maximum absolute atomic E-state index is 5.60. The summed E-state index contributed by atoms with van der Waals surface area (Å²) >= 11 is 0. The fraction of sp³-hybridized carbons (Fsp3) is 1.00. The quantitative estimate of drug-likeness (QED) is 0.565. The van der Waals surface area contributed by atoms with E-state index in [2.05, 4.69) is 33.0 Å². The average molecular weight is 215 g/mol. The topological polar surface area (TPSA) is 21.3 Å². The number of nitrogens with one attached hydrogen (secondary N) is 1. The van der Waals surface area contributed by atoms with Crippen LogP contribution < -0.4 is 5.32 Å². The molecule has 15 heavy (non-hydrogen) atoms. The smallest absolute Gasteiger partial charge is 0.0518 e. The van der Waals surface area contributed by atoms with Gasteiger partial charge in [-0.05, 0) is 52.1 Å². The largest absolute Gasteiger partial charge is 0.379 e. The van der Waals surface area contributed by atoms with Gasteiger partial charge in [-0.15, -0.1) is 0 Å². The molecule has 0 aromatic heterocycles. The maximum atomic E-state index is 5.60. The number of rotatable bonds is 10. The van der Waals surface area contributed by atoms with Crippen molar-refractivity contribution >= 4 is 0 Å². The molecule has 0 aliphatic heterocycles. The molecule has 92 valence electrons. The van der Waals surface area contributed by atoms with Gasteiger partial charge in [-0.2, -0.15) is 0 Å². The Balaban J connectivity index is 3.53. The second-order valence-electron chi connectivity index (χ2n) is 4.57. The molecule has 0 aliphatic rings. The highest BCUT2D eigenvalue weighted by Crippen LogP contribution is 2.10. The average Bonchev–Trinajstić information content (AvgIpc) is 2.17. The Morgan fingerprint density at radius 3 is 2.33 bits per heavy atom. The number of ether oxygens (including phenoxy) is 1. The molecule has 0 rings (SSSR count). The summed E-state index contributed by atoms with van der Waals surface area (Å²) < 4.78 is 5.60. The van der Waals surface area contributed by atoms with Crippen LogP contribution in [-0.4, -0.2) is 25.8 Å². The molecule has 0 fully saturated rings. The third kappa shape index (κ3) is 10.2. The zero-order chi connectivity index (χ0) is 11.5. The van der Waals surface area contributed by atoms with Gasteiger partial charge < -0.3 is 10.1 Å². The molecule has 1 N–H and O–H groups in total. The van der Waals surface area contributed by atoms with E-state index in [1.165, 1.54) is 25.7 Å². The van der Waals surface area contributed by atoms with Gasteiger partial charge in [0.25, 0.3) is 0 Å². The lowest BCUT2D eigenvalue weighted by Gasteiger charge is -2.17. The maximum Gasteiger partial charge on any atom is 0.0518 e. The van der Waals surface area contributed by atoms with Crippen molar-refractivity contribution in [3.05, 3.63) is 0 Å². The van der Waals surface area contributed by atoms with Crippen molar-refractivity contribution < 1.29 is 4.74 Å². The van der Waals surface area contributed by atoms with Gasteiger partial charge in [0.2, 0.25) is 0 Å². The first-order valence-electron chi connectivity index (χ1n) is 6.53. The SMILES string of the molecule is CCCNCC(CCC)CCOC(C)C. The van der Waals surface area contributed by atoms with Crippen molar-refractivity contribution in [2.45, 2.75) is 59.5 Å². The summed E-state index contributed by atoms with van der Waals surface area (Å²) in [6.07, 6.45) is 5.39. The Bertz CT molecular complexity index is 126. The molecule has 1 unspecified atom stereocenters. The molecule has 2 nitrogen and oxygen atoms in total. The Labute approximate surface area is 95.8 Å². The van der Waals surface area contributed by atoms with E-state index in [0.29, 0.717) is 6.10 Å². The first-order valence-corrected chi connectivity index (χ1v) is 6.53. The lowest BCUT2D eigenvalue weighted by atomic mass is 10.0. The molecule has 0 bridgehead atoms. The Morgan fingerprint density at radius 2 is 1.80 bits per heavy atom. The first kappa shape index (κ1) is 14.9. The minimum atomic E-state index is 0.371. The highest BCUT2D eigenvalue weighted by molar-refractivity contribution is 4.62. The van der Waals surface area contributed by atoms with Crippen molar-refractivity contribution in [1.29, 1.82) is 0 Å². The molecule has 0 aromatic rings. The van der Waals surface area contributed by atoms with Gasteiger partial charge in [0, 0.05) is 6.61 Å². The van der Waals surface area contributed by atoms with Gasteiger partial charge in [-0.1, -0.05) is 20.3 Å². The van der Waals surface area contributed by atoms with E-state index < -0.39 is 0 Å². The molecule has 2 heteroatoms. The van der Waals surface area contributed by atoms with E-state index in [1.54, 1.807) is 0 Å². The second-order valence-corrected chi connectivity index (χ2v) is 4.57. The summed E-state index contributed by atoms with van der Waals surface area (Å²) in [4.78, 5) is 0. The van der Waals surface area contributed by atoms with Crippen molar-refractivity contribution in [1.82, 2.24) is 5.32 Å². The minimum Gasteiger partial charge on any atom is -0.379 e. The van der Waals surface area contributed by atoms with E-state index in [0.717, 1.165) is 25.6 Å². The lowest BCUT2D eigenvalue weighted by molar-refractivity contribution is 0.0675. The van der Waals surface area contributed by atoms with Crippen LogP contribution in [0.1, 0.15) is 53.4 Å². The highest BCUT2D eigenvalue weighted by atomic mass is 16.5. The fourth-order valence-corrected chi connectivity index (χ4v) is 1.71. The molecule has 0 saturated carbocycles. The molecule has 0 amide bonds. The van der Waals surface area contributed by atoms with Crippen LogP contribution in [0, 0.1) is 5.92 Å². The van der Waals surface area contributed by atoms with Crippen LogP contribution in [0.5, 0.6) is 0 Å². The summed E-state index contributed by atoms with van der Waals surface area (Å²) in [5, 5.41) is 3.50. The van der Waals surface area contributed by atoms with Crippen molar-refractivity contribution in [2.75, 3.05) is 19.7 Å². The summed E-state index contributed by atoms with van der Waals surface area (Å²) in [5.41, 5.74) is 0.